The van der Waals surface area contributed by atoms with Gasteiger partial charge in [-0.15, -0.1) is 5.10 Å². The van der Waals surface area contributed by atoms with Crippen LogP contribution in [0.4, 0.5) is 0 Å². The normalized spacial score (nSPS) is 18.9. The van der Waals surface area contributed by atoms with Crippen molar-refractivity contribution in [2.45, 2.75) is 37.1 Å². The van der Waals surface area contributed by atoms with Gasteiger partial charge in [0.1, 0.15) is 0 Å². The number of tetrazole rings is 1. The lowest BCUT2D eigenvalue weighted by Crippen LogP contribution is -2.05. The topological polar surface area (TPSA) is 63.8 Å². The lowest BCUT2D eigenvalue weighted by Gasteiger charge is -2.03. The quantitative estimate of drug-likeness (QED) is 0.716. The zero-order chi connectivity index (χ0) is 9.26. The van der Waals surface area contributed by atoms with Crippen molar-refractivity contribution >= 4 is 11.8 Å². The molecule has 0 radical (unpaired) electrons. The van der Waals surface area contributed by atoms with Gasteiger partial charge >= 0.3 is 0 Å². The summed E-state index contributed by atoms with van der Waals surface area (Å²) in [5.74, 6) is 0.646. The first-order valence-electron chi connectivity index (χ1n) is 4.36. The number of thioether (sulfide) groups is 1. The molecule has 72 valence electrons. The zero-order valence-electron chi connectivity index (χ0n) is 7.42. The Morgan fingerprint density at radius 2 is 2.46 bits per heavy atom. The van der Waals surface area contributed by atoms with Gasteiger partial charge in [0.15, 0.2) is 0 Å². The molecule has 6 heteroatoms. The smallest absolute Gasteiger partial charge is 0.209 e. The third-order valence-electron chi connectivity index (χ3n) is 1.81. The van der Waals surface area contributed by atoms with Gasteiger partial charge in [-0.25, -0.2) is 4.68 Å². The number of aromatic nitrogens is 4. The molecule has 0 bridgehead atoms. The molecule has 1 aliphatic carbocycles. The maximum absolute atomic E-state index is 9.10. The highest BCUT2D eigenvalue weighted by Gasteiger charge is 2.27. The van der Waals surface area contributed by atoms with E-state index in [9.17, 15) is 0 Å². The van der Waals surface area contributed by atoms with Crippen molar-refractivity contribution in [3.05, 3.63) is 0 Å². The van der Waals surface area contributed by atoms with E-state index in [0.717, 1.165) is 5.16 Å². The first-order valence-corrected chi connectivity index (χ1v) is 5.34. The molecule has 0 unspecified atom stereocenters. The van der Waals surface area contributed by atoms with Gasteiger partial charge in [-0.3, -0.25) is 0 Å². The second-order valence-corrected chi connectivity index (χ2v) is 4.28. The van der Waals surface area contributed by atoms with Gasteiger partial charge in [-0.05, 0) is 30.2 Å². The average molecular weight is 200 g/mol. The summed E-state index contributed by atoms with van der Waals surface area (Å²) in [6.07, 6.45) is 2.04. The lowest BCUT2D eigenvalue weighted by atomic mass is 10.5. The second kappa shape index (κ2) is 3.63. The van der Waals surface area contributed by atoms with E-state index >= 15 is 0 Å². The first-order chi connectivity index (χ1) is 6.27. The Morgan fingerprint density at radius 1 is 1.69 bits per heavy atom. The highest BCUT2D eigenvalue weighted by atomic mass is 32.2. The van der Waals surface area contributed by atoms with E-state index in [1.165, 1.54) is 24.6 Å². The van der Waals surface area contributed by atoms with Gasteiger partial charge in [0, 0.05) is 5.75 Å². The van der Waals surface area contributed by atoms with Crippen LogP contribution in [0.2, 0.25) is 0 Å². The number of rotatable bonds is 4. The average Bonchev–Trinajstić information content (AvgIpc) is 2.82. The van der Waals surface area contributed by atoms with Crippen molar-refractivity contribution in [1.29, 1.82) is 0 Å². The summed E-state index contributed by atoms with van der Waals surface area (Å²) in [5.41, 5.74) is 0. The largest absolute Gasteiger partial charge is 0.393 e. The molecule has 1 atom stereocenters. The van der Waals surface area contributed by atoms with Crippen molar-refractivity contribution < 1.29 is 5.11 Å². The van der Waals surface area contributed by atoms with Crippen molar-refractivity contribution in [1.82, 2.24) is 20.2 Å². The van der Waals surface area contributed by atoms with Crippen LogP contribution in [0.1, 0.15) is 25.8 Å². The molecule has 1 fully saturated rings. The fourth-order valence-electron chi connectivity index (χ4n) is 1.02. The van der Waals surface area contributed by atoms with E-state index in [-0.39, 0.29) is 6.10 Å². The minimum Gasteiger partial charge on any atom is -0.393 e. The summed E-state index contributed by atoms with van der Waals surface area (Å²) < 4.78 is 1.85. The number of nitrogens with zero attached hydrogens (tertiary/aromatic N) is 4. The van der Waals surface area contributed by atoms with Crippen LogP contribution in [0.3, 0.4) is 0 Å². The van der Waals surface area contributed by atoms with Gasteiger partial charge in [0.05, 0.1) is 12.1 Å². The summed E-state index contributed by atoms with van der Waals surface area (Å²) in [7, 11) is 0. The third kappa shape index (κ3) is 2.19. The van der Waals surface area contributed by atoms with E-state index < -0.39 is 0 Å². The first kappa shape index (κ1) is 8.96. The summed E-state index contributed by atoms with van der Waals surface area (Å²) >= 11 is 1.51. The third-order valence-corrected chi connectivity index (χ3v) is 2.98. The van der Waals surface area contributed by atoms with Crippen molar-refractivity contribution in [2.24, 2.45) is 0 Å². The minimum atomic E-state index is -0.311. The second-order valence-electron chi connectivity index (χ2n) is 3.30. The molecule has 0 spiro atoms. The molecule has 1 heterocycles. The number of aliphatic hydroxyl groups is 1. The highest BCUT2D eigenvalue weighted by Crippen LogP contribution is 2.36. The van der Waals surface area contributed by atoms with Gasteiger partial charge in [0.2, 0.25) is 5.16 Å². The van der Waals surface area contributed by atoms with Crippen LogP contribution in [0.15, 0.2) is 5.16 Å². The Labute approximate surface area is 80.5 Å². The fourth-order valence-corrected chi connectivity index (χ4v) is 1.83. The van der Waals surface area contributed by atoms with Crippen LogP contribution in [-0.2, 0) is 0 Å². The molecule has 1 saturated carbocycles. The van der Waals surface area contributed by atoms with Gasteiger partial charge in [-0.2, -0.15) is 0 Å². The molecule has 1 aromatic rings. The minimum absolute atomic E-state index is 0.311. The van der Waals surface area contributed by atoms with Gasteiger partial charge in [-0.1, -0.05) is 11.8 Å². The van der Waals surface area contributed by atoms with Crippen LogP contribution in [0.25, 0.3) is 0 Å². The van der Waals surface area contributed by atoms with E-state index in [4.69, 9.17) is 5.11 Å². The molecule has 5 nitrogen and oxygen atoms in total. The predicted molar refractivity (Wildman–Crippen MR) is 48.5 cm³/mol. The number of hydrogen-bond acceptors (Lipinski definition) is 5. The molecule has 1 N–H and O–H groups in total. The van der Waals surface area contributed by atoms with Crippen LogP contribution in [0, 0.1) is 0 Å². The summed E-state index contributed by atoms with van der Waals surface area (Å²) in [5, 5.41) is 21.4. The Kier molecular flexibility index (Phi) is 2.50. The standard InChI is InChI=1S/C7H12N4OS/c1-5(12)4-13-7-8-9-10-11(7)6-2-3-6/h5-6,12H,2-4H2,1H3/t5-/m1/s1. The molecule has 0 amide bonds. The lowest BCUT2D eigenvalue weighted by molar-refractivity contribution is 0.220. The van der Waals surface area contributed by atoms with Crippen molar-refractivity contribution in [3.8, 4) is 0 Å². The SMILES string of the molecule is C[C@@H](O)CSc1nnnn1C1CC1. The number of hydrogen-bond donors (Lipinski definition) is 1. The molecule has 0 saturated heterocycles. The van der Waals surface area contributed by atoms with Crippen LogP contribution in [-0.4, -0.2) is 37.2 Å². The van der Waals surface area contributed by atoms with Gasteiger partial charge in [0.25, 0.3) is 0 Å². The summed E-state index contributed by atoms with van der Waals surface area (Å²) in [4.78, 5) is 0. The van der Waals surface area contributed by atoms with E-state index in [2.05, 4.69) is 15.5 Å². The van der Waals surface area contributed by atoms with Crippen molar-refractivity contribution in [2.75, 3.05) is 5.75 Å². The molecule has 1 aromatic heterocycles. The molecular formula is C7H12N4OS. The zero-order valence-corrected chi connectivity index (χ0v) is 8.24. The summed E-state index contributed by atoms with van der Waals surface area (Å²) in [6, 6.07) is 0.506. The molecule has 0 aromatic carbocycles. The maximum atomic E-state index is 9.10. The summed E-state index contributed by atoms with van der Waals surface area (Å²) in [6.45, 7) is 1.76. The predicted octanol–water partition coefficient (Wildman–Crippen LogP) is 0.481. The van der Waals surface area contributed by atoms with E-state index in [1.807, 2.05) is 4.68 Å². The monoisotopic (exact) mass is 200 g/mol. The Morgan fingerprint density at radius 3 is 3.08 bits per heavy atom. The fraction of sp³-hybridized carbons (Fsp3) is 0.857. The number of aliphatic hydroxyl groups excluding tert-OH is 1. The van der Waals surface area contributed by atoms with Gasteiger partial charge < -0.3 is 5.11 Å². The van der Waals surface area contributed by atoms with Crippen LogP contribution >= 0.6 is 11.8 Å². The van der Waals surface area contributed by atoms with Crippen LogP contribution < -0.4 is 0 Å². The molecule has 13 heavy (non-hydrogen) atoms. The Balaban J connectivity index is 1.98. The van der Waals surface area contributed by atoms with E-state index in [1.54, 1.807) is 6.92 Å². The molecule has 1 aliphatic rings. The van der Waals surface area contributed by atoms with E-state index in [0.29, 0.717) is 11.8 Å². The Hall–Kier alpha value is -0.620. The highest BCUT2D eigenvalue weighted by molar-refractivity contribution is 7.99. The molecule has 2 rings (SSSR count). The maximum Gasteiger partial charge on any atom is 0.209 e. The molecular weight excluding hydrogens is 188 g/mol. The molecule has 0 aliphatic heterocycles. The Bertz CT molecular complexity index is 284. The van der Waals surface area contributed by atoms with Crippen molar-refractivity contribution in [3.63, 3.8) is 0 Å². The van der Waals surface area contributed by atoms with Crippen LogP contribution in [0.5, 0.6) is 0 Å².